The molecule has 4 aliphatic carbocycles. The minimum atomic E-state index is 0.422. The lowest BCUT2D eigenvalue weighted by molar-refractivity contribution is -0.0711. The van der Waals surface area contributed by atoms with Crippen molar-refractivity contribution in [1.29, 1.82) is 0 Å². The standard InChI is InChI=1S/C16H30N2/c1-3-18(4-2)11-15(17)16-8-12-5-13(9-16)7-14(6-12)10-16/h12-15H,3-11,17H2,1-2H3. The van der Waals surface area contributed by atoms with E-state index in [-0.39, 0.29) is 0 Å². The molecule has 0 spiro atoms. The van der Waals surface area contributed by atoms with Crippen molar-refractivity contribution in [3.63, 3.8) is 0 Å². The molecule has 0 aromatic heterocycles. The van der Waals surface area contributed by atoms with E-state index in [9.17, 15) is 0 Å². The van der Waals surface area contributed by atoms with Crippen LogP contribution in [0.1, 0.15) is 52.4 Å². The minimum absolute atomic E-state index is 0.422. The molecule has 0 heterocycles. The van der Waals surface area contributed by atoms with Crippen LogP contribution in [-0.4, -0.2) is 30.6 Å². The molecule has 4 aliphatic rings. The van der Waals surface area contributed by atoms with Crippen LogP contribution in [0.25, 0.3) is 0 Å². The number of rotatable bonds is 5. The SMILES string of the molecule is CCN(CC)CC(N)C12CC3CC(CC(C3)C1)C2. The fourth-order valence-electron chi connectivity index (χ4n) is 5.59. The fraction of sp³-hybridized carbons (Fsp3) is 1.00. The van der Waals surface area contributed by atoms with Gasteiger partial charge in [-0.1, -0.05) is 13.8 Å². The smallest absolute Gasteiger partial charge is 0.0225 e. The van der Waals surface area contributed by atoms with E-state index >= 15 is 0 Å². The molecule has 0 aromatic carbocycles. The average molecular weight is 250 g/mol. The van der Waals surface area contributed by atoms with Crippen LogP contribution in [0.3, 0.4) is 0 Å². The highest BCUT2D eigenvalue weighted by molar-refractivity contribution is 5.05. The second-order valence-corrected chi connectivity index (χ2v) is 7.37. The van der Waals surface area contributed by atoms with Gasteiger partial charge in [-0.05, 0) is 74.8 Å². The third kappa shape index (κ3) is 2.12. The summed E-state index contributed by atoms with van der Waals surface area (Å²) in [5, 5.41) is 0. The summed E-state index contributed by atoms with van der Waals surface area (Å²) in [7, 11) is 0. The summed E-state index contributed by atoms with van der Waals surface area (Å²) >= 11 is 0. The van der Waals surface area contributed by atoms with Crippen molar-refractivity contribution in [2.24, 2.45) is 28.9 Å². The Labute approximate surface area is 112 Å². The number of hydrogen-bond donors (Lipinski definition) is 1. The Morgan fingerprint density at radius 2 is 1.44 bits per heavy atom. The van der Waals surface area contributed by atoms with Gasteiger partial charge < -0.3 is 10.6 Å². The van der Waals surface area contributed by atoms with Crippen LogP contribution in [-0.2, 0) is 0 Å². The molecule has 104 valence electrons. The van der Waals surface area contributed by atoms with Crippen molar-refractivity contribution < 1.29 is 0 Å². The lowest BCUT2D eigenvalue weighted by atomic mass is 9.48. The molecule has 4 fully saturated rings. The van der Waals surface area contributed by atoms with E-state index in [4.69, 9.17) is 5.73 Å². The molecule has 0 radical (unpaired) electrons. The van der Waals surface area contributed by atoms with Crippen molar-refractivity contribution in [3.8, 4) is 0 Å². The molecular weight excluding hydrogens is 220 g/mol. The zero-order chi connectivity index (χ0) is 12.8. The normalized spacial score (nSPS) is 43.7. The van der Waals surface area contributed by atoms with Crippen LogP contribution in [0.2, 0.25) is 0 Å². The molecule has 0 saturated heterocycles. The summed E-state index contributed by atoms with van der Waals surface area (Å²) < 4.78 is 0. The van der Waals surface area contributed by atoms with Crippen molar-refractivity contribution in [3.05, 3.63) is 0 Å². The number of hydrogen-bond acceptors (Lipinski definition) is 2. The minimum Gasteiger partial charge on any atom is -0.326 e. The zero-order valence-corrected chi connectivity index (χ0v) is 12.2. The van der Waals surface area contributed by atoms with Gasteiger partial charge in [0.1, 0.15) is 0 Å². The van der Waals surface area contributed by atoms with E-state index in [0.717, 1.165) is 37.4 Å². The Morgan fingerprint density at radius 3 is 1.83 bits per heavy atom. The third-order valence-corrected chi connectivity index (χ3v) is 6.22. The molecule has 1 atom stereocenters. The van der Waals surface area contributed by atoms with Crippen LogP contribution in [0.5, 0.6) is 0 Å². The lowest BCUT2D eigenvalue weighted by Gasteiger charge is -2.59. The van der Waals surface area contributed by atoms with Gasteiger partial charge in [-0.15, -0.1) is 0 Å². The molecule has 0 aromatic rings. The summed E-state index contributed by atoms with van der Waals surface area (Å²) in [6.07, 6.45) is 8.91. The van der Waals surface area contributed by atoms with Gasteiger partial charge in [-0.2, -0.15) is 0 Å². The first kappa shape index (κ1) is 12.9. The maximum absolute atomic E-state index is 6.68. The van der Waals surface area contributed by atoms with Gasteiger partial charge in [-0.3, -0.25) is 0 Å². The molecule has 1 unspecified atom stereocenters. The predicted molar refractivity (Wildman–Crippen MR) is 76.4 cm³/mol. The fourth-order valence-corrected chi connectivity index (χ4v) is 5.59. The van der Waals surface area contributed by atoms with E-state index in [2.05, 4.69) is 18.7 Å². The molecule has 4 saturated carbocycles. The molecule has 0 amide bonds. The van der Waals surface area contributed by atoms with Crippen molar-refractivity contribution in [1.82, 2.24) is 4.90 Å². The number of likely N-dealkylation sites (N-methyl/N-ethyl adjacent to an activating group) is 1. The molecular formula is C16H30N2. The van der Waals surface area contributed by atoms with Gasteiger partial charge in [0, 0.05) is 12.6 Å². The molecule has 4 rings (SSSR count). The summed E-state index contributed by atoms with van der Waals surface area (Å²) in [6, 6.07) is 0.422. The summed E-state index contributed by atoms with van der Waals surface area (Å²) in [5.74, 6) is 3.08. The van der Waals surface area contributed by atoms with Gasteiger partial charge in [0.2, 0.25) is 0 Å². The van der Waals surface area contributed by atoms with Crippen LogP contribution in [0, 0.1) is 23.2 Å². The second-order valence-electron chi connectivity index (χ2n) is 7.37. The van der Waals surface area contributed by atoms with Gasteiger partial charge in [0.05, 0.1) is 0 Å². The van der Waals surface area contributed by atoms with Gasteiger partial charge in [0.15, 0.2) is 0 Å². The van der Waals surface area contributed by atoms with Crippen LogP contribution in [0.15, 0.2) is 0 Å². The van der Waals surface area contributed by atoms with Crippen molar-refractivity contribution in [2.75, 3.05) is 19.6 Å². The van der Waals surface area contributed by atoms with Crippen LogP contribution < -0.4 is 5.73 Å². The van der Waals surface area contributed by atoms with Crippen molar-refractivity contribution in [2.45, 2.75) is 58.4 Å². The largest absolute Gasteiger partial charge is 0.326 e. The van der Waals surface area contributed by atoms with Crippen LogP contribution >= 0.6 is 0 Å². The number of nitrogens with zero attached hydrogens (tertiary/aromatic N) is 1. The maximum atomic E-state index is 6.68. The molecule has 2 nitrogen and oxygen atoms in total. The monoisotopic (exact) mass is 250 g/mol. The van der Waals surface area contributed by atoms with Crippen molar-refractivity contribution >= 4 is 0 Å². The van der Waals surface area contributed by atoms with Gasteiger partial charge in [-0.25, -0.2) is 0 Å². The van der Waals surface area contributed by atoms with E-state index in [1.54, 1.807) is 0 Å². The highest BCUT2D eigenvalue weighted by Crippen LogP contribution is 2.60. The Bertz CT molecular complexity index is 260. The third-order valence-electron chi connectivity index (χ3n) is 6.22. The van der Waals surface area contributed by atoms with Gasteiger partial charge >= 0.3 is 0 Å². The molecule has 2 N–H and O–H groups in total. The number of nitrogens with two attached hydrogens (primary N) is 1. The summed E-state index contributed by atoms with van der Waals surface area (Å²) in [5.41, 5.74) is 7.21. The molecule has 4 bridgehead atoms. The first-order valence-electron chi connectivity index (χ1n) is 8.13. The van der Waals surface area contributed by atoms with Crippen LogP contribution in [0.4, 0.5) is 0 Å². The molecule has 0 aliphatic heterocycles. The maximum Gasteiger partial charge on any atom is 0.0225 e. The van der Waals surface area contributed by atoms with E-state index in [1.165, 1.54) is 38.5 Å². The Hall–Kier alpha value is -0.0800. The first-order valence-corrected chi connectivity index (χ1v) is 8.13. The Morgan fingerprint density at radius 1 is 1.00 bits per heavy atom. The first-order chi connectivity index (χ1) is 8.65. The average Bonchev–Trinajstić information content (AvgIpc) is 2.34. The Balaban J connectivity index is 1.70. The quantitative estimate of drug-likeness (QED) is 0.813. The highest BCUT2D eigenvalue weighted by atomic mass is 15.1. The zero-order valence-electron chi connectivity index (χ0n) is 12.2. The van der Waals surface area contributed by atoms with Gasteiger partial charge in [0.25, 0.3) is 0 Å². The second kappa shape index (κ2) is 4.79. The summed E-state index contributed by atoms with van der Waals surface area (Å²) in [4.78, 5) is 2.52. The van der Waals surface area contributed by atoms with E-state index < -0.39 is 0 Å². The topological polar surface area (TPSA) is 29.3 Å². The van der Waals surface area contributed by atoms with E-state index in [0.29, 0.717) is 11.5 Å². The lowest BCUT2D eigenvalue weighted by Crippen LogP contribution is -2.57. The van der Waals surface area contributed by atoms with E-state index in [1.807, 2.05) is 0 Å². The molecule has 2 heteroatoms. The predicted octanol–water partition coefficient (Wildman–Crippen LogP) is 2.87. The summed E-state index contributed by atoms with van der Waals surface area (Å²) in [6.45, 7) is 7.94. The Kier molecular flexibility index (Phi) is 3.44. The highest BCUT2D eigenvalue weighted by Gasteiger charge is 2.53. The molecule has 18 heavy (non-hydrogen) atoms.